The average Bonchev–Trinajstić information content (AvgIpc) is 2.63. The van der Waals surface area contributed by atoms with Crippen LogP contribution in [0.5, 0.6) is 0 Å². The Kier molecular flexibility index (Phi) is 6.50. The third-order valence-corrected chi connectivity index (χ3v) is 3.88. The van der Waals surface area contributed by atoms with Crippen LogP contribution < -0.4 is 0 Å². The molecule has 4 heteroatoms. The summed E-state index contributed by atoms with van der Waals surface area (Å²) in [6.07, 6.45) is 7.58. The first-order chi connectivity index (χ1) is 8.67. The van der Waals surface area contributed by atoms with Gasteiger partial charge in [0.2, 0.25) is 0 Å². The highest BCUT2D eigenvalue weighted by Crippen LogP contribution is 2.24. The number of aliphatic hydroxyl groups is 1. The Labute approximate surface area is 110 Å². The molecule has 0 radical (unpaired) electrons. The Hall–Kier alpha value is -0.740. The number of quaternary nitrogens is 1. The molecule has 1 aliphatic heterocycles. The minimum Gasteiger partial charge on any atom is -0.390 e. The fraction of sp³-hybridized carbons (Fsp3) is 0.857. The summed E-state index contributed by atoms with van der Waals surface area (Å²) < 4.78 is -0.0930. The summed E-state index contributed by atoms with van der Waals surface area (Å²) in [7, 11) is 0. The zero-order valence-corrected chi connectivity index (χ0v) is 11.5. The molecule has 0 aliphatic carbocycles. The van der Waals surface area contributed by atoms with Crippen molar-refractivity contribution in [3.63, 3.8) is 0 Å². The molecule has 0 unspecified atom stereocenters. The Balaban J connectivity index is 2.39. The van der Waals surface area contributed by atoms with E-state index < -0.39 is 0 Å². The molecule has 1 heterocycles. The van der Waals surface area contributed by atoms with Crippen LogP contribution >= 0.6 is 0 Å². The van der Waals surface area contributed by atoms with Gasteiger partial charge >= 0.3 is 11.8 Å². The topological polar surface area (TPSA) is 54.4 Å². The van der Waals surface area contributed by atoms with Gasteiger partial charge in [0.25, 0.3) is 0 Å². The number of nitrogens with zero attached hydrogens (tertiary/aromatic N) is 1. The number of carbonyl (C=O) groups is 2. The number of unbranched alkanes of at least 4 members (excludes halogenated alkanes) is 5. The molecule has 1 saturated heterocycles. The predicted octanol–water partition coefficient (Wildman–Crippen LogP) is 2.00. The first-order valence-electron chi connectivity index (χ1n) is 7.22. The average molecular weight is 256 g/mol. The molecule has 0 spiro atoms. The van der Waals surface area contributed by atoms with E-state index in [9.17, 15) is 9.59 Å². The molecule has 4 nitrogen and oxygen atoms in total. The van der Waals surface area contributed by atoms with Crippen LogP contribution in [0.1, 0.15) is 58.3 Å². The molecule has 1 rings (SSSR count). The fourth-order valence-corrected chi connectivity index (χ4v) is 2.72. The third kappa shape index (κ3) is 3.62. The molecule has 0 aromatic heterocycles. The summed E-state index contributed by atoms with van der Waals surface area (Å²) >= 11 is 0. The number of rotatable bonds is 9. The number of imide groups is 1. The lowest BCUT2D eigenvalue weighted by atomic mass is 10.1. The van der Waals surface area contributed by atoms with E-state index in [1.807, 2.05) is 0 Å². The maximum Gasteiger partial charge on any atom is 0.321 e. The maximum atomic E-state index is 11.9. The summed E-state index contributed by atoms with van der Waals surface area (Å²) in [5.41, 5.74) is 0. The van der Waals surface area contributed by atoms with E-state index in [2.05, 4.69) is 6.92 Å². The highest BCUT2D eigenvalue weighted by molar-refractivity contribution is 5.91. The van der Waals surface area contributed by atoms with E-state index in [0.29, 0.717) is 19.4 Å². The van der Waals surface area contributed by atoms with Crippen molar-refractivity contribution in [3.05, 3.63) is 0 Å². The van der Waals surface area contributed by atoms with Gasteiger partial charge in [-0.1, -0.05) is 32.6 Å². The number of amides is 2. The van der Waals surface area contributed by atoms with Crippen LogP contribution in [-0.4, -0.2) is 41.1 Å². The summed E-state index contributed by atoms with van der Waals surface area (Å²) in [6, 6.07) is 0. The van der Waals surface area contributed by atoms with E-state index in [1.54, 1.807) is 0 Å². The Morgan fingerprint density at radius 1 is 0.944 bits per heavy atom. The molecule has 0 atom stereocenters. The van der Waals surface area contributed by atoms with Crippen LogP contribution in [-0.2, 0) is 9.59 Å². The number of hydrogen-bond donors (Lipinski definition) is 1. The summed E-state index contributed by atoms with van der Waals surface area (Å²) in [6.45, 7) is 2.95. The molecule has 1 fully saturated rings. The highest BCUT2D eigenvalue weighted by atomic mass is 16.3. The maximum absolute atomic E-state index is 11.9. The van der Waals surface area contributed by atoms with E-state index in [-0.39, 0.29) is 29.4 Å². The van der Waals surface area contributed by atoms with Crippen LogP contribution in [0.3, 0.4) is 0 Å². The minimum atomic E-state index is -0.0930. The SMILES string of the molecule is CCCCCCCC[N+]1(CCO)C(=O)CCC1=O. The third-order valence-electron chi connectivity index (χ3n) is 3.88. The van der Waals surface area contributed by atoms with Crippen molar-refractivity contribution in [3.8, 4) is 0 Å². The first-order valence-corrected chi connectivity index (χ1v) is 7.22. The van der Waals surface area contributed by atoms with Crippen molar-refractivity contribution in [2.24, 2.45) is 0 Å². The quantitative estimate of drug-likeness (QED) is 0.390. The molecule has 1 aliphatic rings. The van der Waals surface area contributed by atoms with Crippen LogP contribution in [0.15, 0.2) is 0 Å². The first kappa shape index (κ1) is 15.3. The van der Waals surface area contributed by atoms with Crippen molar-refractivity contribution < 1.29 is 19.2 Å². The van der Waals surface area contributed by atoms with Gasteiger partial charge in [-0.25, -0.2) is 9.59 Å². The molecular formula is C14H26NO3+. The molecule has 0 aromatic rings. The standard InChI is InChI=1S/C14H26NO3/c1-2-3-4-5-6-7-10-15(11-12-16)13(17)8-9-14(15)18/h16H,2-12H2,1H3/q+1. The number of carbonyl (C=O) groups excluding carboxylic acids is 2. The van der Waals surface area contributed by atoms with Crippen LogP contribution in [0.4, 0.5) is 0 Å². The Morgan fingerprint density at radius 3 is 2.06 bits per heavy atom. The summed E-state index contributed by atoms with van der Waals surface area (Å²) in [4.78, 5) is 23.8. The molecule has 0 bridgehead atoms. The highest BCUT2D eigenvalue weighted by Gasteiger charge is 2.48. The normalized spacial score (nSPS) is 18.6. The molecule has 1 N–H and O–H groups in total. The Bertz CT molecular complexity index is 273. The minimum absolute atomic E-state index is 0.00241. The molecule has 18 heavy (non-hydrogen) atoms. The van der Waals surface area contributed by atoms with Crippen molar-refractivity contribution in [2.45, 2.75) is 58.3 Å². The van der Waals surface area contributed by atoms with Crippen molar-refractivity contribution >= 4 is 11.8 Å². The molecular weight excluding hydrogens is 230 g/mol. The monoisotopic (exact) mass is 256 g/mol. The van der Waals surface area contributed by atoms with Crippen LogP contribution in [0, 0.1) is 0 Å². The van der Waals surface area contributed by atoms with Gasteiger partial charge < -0.3 is 5.11 Å². The number of aliphatic hydroxyl groups excluding tert-OH is 1. The van der Waals surface area contributed by atoms with Gasteiger partial charge in [-0.05, 0) is 12.8 Å². The lowest BCUT2D eigenvalue weighted by Crippen LogP contribution is -2.54. The predicted molar refractivity (Wildman–Crippen MR) is 69.7 cm³/mol. The van der Waals surface area contributed by atoms with Crippen LogP contribution in [0.2, 0.25) is 0 Å². The molecule has 0 aromatic carbocycles. The second-order valence-corrected chi connectivity index (χ2v) is 5.19. The number of likely N-dealkylation sites (tertiary alicyclic amines) is 1. The van der Waals surface area contributed by atoms with Gasteiger partial charge in [0.1, 0.15) is 6.54 Å². The van der Waals surface area contributed by atoms with E-state index in [0.717, 1.165) is 12.8 Å². The summed E-state index contributed by atoms with van der Waals surface area (Å²) in [5.74, 6) is 0.00483. The molecule has 2 amide bonds. The smallest absolute Gasteiger partial charge is 0.321 e. The van der Waals surface area contributed by atoms with E-state index in [1.165, 1.54) is 25.7 Å². The zero-order valence-electron chi connectivity index (χ0n) is 11.5. The number of hydrogen-bond acceptors (Lipinski definition) is 3. The second-order valence-electron chi connectivity index (χ2n) is 5.19. The van der Waals surface area contributed by atoms with Gasteiger partial charge in [0.05, 0.1) is 26.0 Å². The Morgan fingerprint density at radius 2 is 1.50 bits per heavy atom. The lowest BCUT2D eigenvalue weighted by Gasteiger charge is -2.28. The van der Waals surface area contributed by atoms with Crippen molar-refractivity contribution in [2.75, 3.05) is 19.7 Å². The zero-order chi connectivity index (χ0) is 13.4. The molecule has 104 valence electrons. The largest absolute Gasteiger partial charge is 0.390 e. The van der Waals surface area contributed by atoms with Gasteiger partial charge in [-0.3, -0.25) is 0 Å². The van der Waals surface area contributed by atoms with Crippen LogP contribution in [0.25, 0.3) is 0 Å². The fourth-order valence-electron chi connectivity index (χ4n) is 2.72. The van der Waals surface area contributed by atoms with Gasteiger partial charge in [0.15, 0.2) is 0 Å². The van der Waals surface area contributed by atoms with Gasteiger partial charge in [-0.2, -0.15) is 4.48 Å². The van der Waals surface area contributed by atoms with Crippen molar-refractivity contribution in [1.82, 2.24) is 0 Å². The molecule has 0 saturated carbocycles. The lowest BCUT2D eigenvalue weighted by molar-refractivity contribution is -0.774. The van der Waals surface area contributed by atoms with Gasteiger partial charge in [0, 0.05) is 0 Å². The second kappa shape index (κ2) is 7.64. The van der Waals surface area contributed by atoms with Crippen molar-refractivity contribution in [1.29, 1.82) is 0 Å². The summed E-state index contributed by atoms with van der Waals surface area (Å²) in [5, 5.41) is 9.08. The van der Waals surface area contributed by atoms with E-state index in [4.69, 9.17) is 5.11 Å². The van der Waals surface area contributed by atoms with E-state index >= 15 is 0 Å². The van der Waals surface area contributed by atoms with Gasteiger partial charge in [-0.15, -0.1) is 0 Å².